The van der Waals surface area contributed by atoms with Gasteiger partial charge in [-0.15, -0.1) is 0 Å². The summed E-state index contributed by atoms with van der Waals surface area (Å²) < 4.78 is 5.13. The Labute approximate surface area is 93.9 Å². The first-order valence-corrected chi connectivity index (χ1v) is 5.54. The van der Waals surface area contributed by atoms with E-state index in [9.17, 15) is 9.90 Å². The van der Waals surface area contributed by atoms with E-state index in [1.54, 1.807) is 6.92 Å². The van der Waals surface area contributed by atoms with Gasteiger partial charge in [-0.1, -0.05) is 19.3 Å². The number of hydrogen-bond donors (Lipinski definition) is 2. The Morgan fingerprint density at radius 2 is 2.31 bits per heavy atom. The van der Waals surface area contributed by atoms with Gasteiger partial charge in [0.05, 0.1) is 6.26 Å². The molecule has 1 aliphatic rings. The number of rotatable bonds is 4. The third kappa shape index (κ3) is 1.97. The van der Waals surface area contributed by atoms with E-state index in [-0.39, 0.29) is 11.3 Å². The van der Waals surface area contributed by atoms with Crippen LogP contribution in [-0.2, 0) is 5.60 Å². The zero-order chi connectivity index (χ0) is 11.8. The molecule has 1 unspecified atom stereocenters. The molecule has 4 heteroatoms. The predicted octanol–water partition coefficient (Wildman–Crippen LogP) is 2.38. The van der Waals surface area contributed by atoms with Crippen molar-refractivity contribution in [2.24, 2.45) is 5.92 Å². The molecule has 1 fully saturated rings. The molecule has 1 aromatic rings. The van der Waals surface area contributed by atoms with E-state index in [1.165, 1.54) is 18.8 Å². The Morgan fingerprint density at radius 3 is 2.81 bits per heavy atom. The van der Waals surface area contributed by atoms with Crippen molar-refractivity contribution in [2.75, 3.05) is 0 Å². The number of furan rings is 1. The molecule has 16 heavy (non-hydrogen) atoms. The highest BCUT2D eigenvalue weighted by molar-refractivity contribution is 5.88. The summed E-state index contributed by atoms with van der Waals surface area (Å²) in [5.41, 5.74) is -1.12. The van der Waals surface area contributed by atoms with Crippen molar-refractivity contribution in [3.8, 4) is 0 Å². The summed E-state index contributed by atoms with van der Waals surface area (Å²) in [6.07, 6.45) is 5.30. The lowest BCUT2D eigenvalue weighted by Crippen LogP contribution is -2.29. The van der Waals surface area contributed by atoms with Gasteiger partial charge < -0.3 is 14.6 Å². The van der Waals surface area contributed by atoms with E-state index in [0.717, 1.165) is 12.8 Å². The minimum atomic E-state index is -1.18. The maximum absolute atomic E-state index is 10.9. The number of aliphatic hydroxyl groups is 1. The van der Waals surface area contributed by atoms with Gasteiger partial charge in [0.25, 0.3) is 0 Å². The summed E-state index contributed by atoms with van der Waals surface area (Å²) in [4.78, 5) is 10.9. The second kappa shape index (κ2) is 3.94. The van der Waals surface area contributed by atoms with Crippen molar-refractivity contribution in [1.82, 2.24) is 0 Å². The van der Waals surface area contributed by atoms with E-state index in [0.29, 0.717) is 12.3 Å². The van der Waals surface area contributed by atoms with Crippen LogP contribution >= 0.6 is 0 Å². The predicted molar refractivity (Wildman–Crippen MR) is 57.2 cm³/mol. The molecule has 1 heterocycles. The smallest absolute Gasteiger partial charge is 0.339 e. The zero-order valence-electron chi connectivity index (χ0n) is 9.27. The summed E-state index contributed by atoms with van der Waals surface area (Å²) in [6.45, 7) is 1.62. The average molecular weight is 224 g/mol. The summed E-state index contributed by atoms with van der Waals surface area (Å²) in [6, 6.07) is 1.38. The molecule has 0 amide bonds. The maximum Gasteiger partial charge on any atom is 0.339 e. The molecule has 0 saturated heterocycles. The van der Waals surface area contributed by atoms with Gasteiger partial charge in [0.15, 0.2) is 0 Å². The van der Waals surface area contributed by atoms with Gasteiger partial charge in [0.2, 0.25) is 0 Å². The first kappa shape index (κ1) is 11.2. The number of hydrogen-bond acceptors (Lipinski definition) is 3. The molecule has 1 aromatic heterocycles. The van der Waals surface area contributed by atoms with Gasteiger partial charge in [-0.2, -0.15) is 0 Å². The van der Waals surface area contributed by atoms with Crippen LogP contribution in [0.25, 0.3) is 0 Å². The van der Waals surface area contributed by atoms with E-state index in [1.807, 2.05) is 0 Å². The van der Waals surface area contributed by atoms with Crippen LogP contribution in [0.3, 0.4) is 0 Å². The van der Waals surface area contributed by atoms with Crippen molar-refractivity contribution in [3.05, 3.63) is 23.7 Å². The standard InChI is InChI=1S/C12H16O4/c1-12(15,7-8-3-2-4-8)10-9(11(13)14)5-6-16-10/h5-6,8,15H,2-4,7H2,1H3,(H,13,14). The van der Waals surface area contributed by atoms with Crippen molar-refractivity contribution in [3.63, 3.8) is 0 Å². The van der Waals surface area contributed by atoms with Gasteiger partial charge in [-0.05, 0) is 25.3 Å². The average Bonchev–Trinajstić information content (AvgIpc) is 2.60. The molecular weight excluding hydrogens is 208 g/mol. The highest BCUT2D eigenvalue weighted by atomic mass is 16.4. The Hall–Kier alpha value is -1.29. The Morgan fingerprint density at radius 1 is 1.62 bits per heavy atom. The van der Waals surface area contributed by atoms with Gasteiger partial charge in [0.1, 0.15) is 16.9 Å². The quantitative estimate of drug-likeness (QED) is 0.823. The molecule has 4 nitrogen and oxygen atoms in total. The SMILES string of the molecule is CC(O)(CC1CCC1)c1occc1C(=O)O. The lowest BCUT2D eigenvalue weighted by atomic mass is 9.76. The number of aromatic carboxylic acids is 1. The number of carbonyl (C=O) groups is 1. The van der Waals surface area contributed by atoms with E-state index in [2.05, 4.69) is 0 Å². The van der Waals surface area contributed by atoms with Crippen molar-refractivity contribution >= 4 is 5.97 Å². The lowest BCUT2D eigenvalue weighted by molar-refractivity contribution is -0.00422. The molecule has 0 radical (unpaired) electrons. The topological polar surface area (TPSA) is 70.7 Å². The number of carboxylic acid groups (broad SMARTS) is 1. The summed E-state index contributed by atoms with van der Waals surface area (Å²) in [5.74, 6) is -0.397. The van der Waals surface area contributed by atoms with Crippen LogP contribution in [-0.4, -0.2) is 16.2 Å². The number of carboxylic acids is 1. The fourth-order valence-corrected chi connectivity index (χ4v) is 2.25. The van der Waals surface area contributed by atoms with E-state index < -0.39 is 11.6 Å². The minimum Gasteiger partial charge on any atom is -0.478 e. The van der Waals surface area contributed by atoms with Gasteiger partial charge >= 0.3 is 5.97 Å². The largest absolute Gasteiger partial charge is 0.478 e. The van der Waals surface area contributed by atoms with Crippen LogP contribution < -0.4 is 0 Å². The van der Waals surface area contributed by atoms with Crippen LogP contribution in [0.4, 0.5) is 0 Å². The Bertz CT molecular complexity index is 387. The van der Waals surface area contributed by atoms with Gasteiger partial charge in [-0.25, -0.2) is 4.79 Å². The Kier molecular flexibility index (Phi) is 2.76. The molecule has 1 atom stereocenters. The normalized spacial score (nSPS) is 20.1. The lowest BCUT2D eigenvalue weighted by Gasteiger charge is -2.32. The third-order valence-electron chi connectivity index (χ3n) is 3.30. The molecular formula is C12H16O4. The molecule has 88 valence electrons. The molecule has 0 aromatic carbocycles. The second-order valence-corrected chi connectivity index (χ2v) is 4.74. The molecule has 1 saturated carbocycles. The minimum absolute atomic E-state index is 0.0596. The highest BCUT2D eigenvalue weighted by Gasteiger charge is 2.36. The van der Waals surface area contributed by atoms with Crippen molar-refractivity contribution < 1.29 is 19.4 Å². The molecule has 0 bridgehead atoms. The fourth-order valence-electron chi connectivity index (χ4n) is 2.25. The van der Waals surface area contributed by atoms with Gasteiger partial charge in [-0.3, -0.25) is 0 Å². The fraction of sp³-hybridized carbons (Fsp3) is 0.583. The summed E-state index contributed by atoms with van der Waals surface area (Å²) in [5, 5.41) is 19.2. The van der Waals surface area contributed by atoms with Crippen LogP contribution in [0.1, 0.15) is 48.7 Å². The van der Waals surface area contributed by atoms with Crippen LogP contribution in [0, 0.1) is 5.92 Å². The van der Waals surface area contributed by atoms with Crippen LogP contribution in [0.15, 0.2) is 16.7 Å². The summed E-state index contributed by atoms with van der Waals surface area (Å²) >= 11 is 0. The maximum atomic E-state index is 10.9. The van der Waals surface area contributed by atoms with Crippen LogP contribution in [0.2, 0.25) is 0 Å². The molecule has 2 rings (SSSR count). The molecule has 2 N–H and O–H groups in total. The monoisotopic (exact) mass is 224 g/mol. The summed E-state index contributed by atoms with van der Waals surface area (Å²) in [7, 11) is 0. The first-order valence-electron chi connectivity index (χ1n) is 5.54. The first-order chi connectivity index (χ1) is 7.50. The zero-order valence-corrected chi connectivity index (χ0v) is 9.27. The molecule has 0 aliphatic heterocycles. The van der Waals surface area contributed by atoms with Gasteiger partial charge in [0, 0.05) is 0 Å². The molecule has 1 aliphatic carbocycles. The van der Waals surface area contributed by atoms with Crippen molar-refractivity contribution in [2.45, 2.75) is 38.2 Å². The van der Waals surface area contributed by atoms with Crippen LogP contribution in [0.5, 0.6) is 0 Å². The Balaban J connectivity index is 2.19. The van der Waals surface area contributed by atoms with Crippen molar-refractivity contribution in [1.29, 1.82) is 0 Å². The molecule has 0 spiro atoms. The third-order valence-corrected chi connectivity index (χ3v) is 3.30. The van der Waals surface area contributed by atoms with E-state index in [4.69, 9.17) is 9.52 Å². The second-order valence-electron chi connectivity index (χ2n) is 4.74. The highest BCUT2D eigenvalue weighted by Crippen LogP contribution is 2.39. The van der Waals surface area contributed by atoms with E-state index >= 15 is 0 Å².